The van der Waals surface area contributed by atoms with Gasteiger partial charge in [0.15, 0.2) is 5.58 Å². The highest BCUT2D eigenvalue weighted by molar-refractivity contribution is 6.48. The number of aromatic nitrogens is 1. The van der Waals surface area contributed by atoms with Gasteiger partial charge in [0.1, 0.15) is 11.4 Å². The smallest absolute Gasteiger partial charge is 0.410 e. The number of piperidine rings is 1. The highest BCUT2D eigenvalue weighted by Crippen LogP contribution is 2.45. The summed E-state index contributed by atoms with van der Waals surface area (Å²) in [6, 6.07) is 8.12. The zero-order valence-electron chi connectivity index (χ0n) is 24.2. The average molecular weight is 540 g/mol. The second kappa shape index (κ2) is 11.3. The van der Waals surface area contributed by atoms with E-state index >= 15 is 0 Å². The number of fused-ring (bicyclic) bond motifs is 1. The van der Waals surface area contributed by atoms with Gasteiger partial charge in [-0.05, 0) is 95.1 Å². The maximum atomic E-state index is 12.4. The molecule has 1 aromatic carbocycles. The Hall–Kier alpha value is -2.58. The van der Waals surface area contributed by atoms with E-state index in [0.29, 0.717) is 5.92 Å². The van der Waals surface area contributed by atoms with Crippen LogP contribution in [0.1, 0.15) is 78.2 Å². The van der Waals surface area contributed by atoms with Crippen molar-refractivity contribution in [2.75, 3.05) is 13.1 Å². The Kier molecular flexibility index (Phi) is 8.42. The number of nitrogens with zero attached hydrogens (tertiary/aromatic N) is 2. The van der Waals surface area contributed by atoms with Crippen LogP contribution in [0, 0.1) is 11.3 Å². The first-order chi connectivity index (χ1) is 17.8. The number of likely N-dealkylation sites (tertiary alicyclic amines) is 1. The van der Waals surface area contributed by atoms with E-state index in [2.05, 4.69) is 51.2 Å². The normalized spacial score (nSPS) is 16.4. The van der Waals surface area contributed by atoms with Crippen molar-refractivity contribution in [1.29, 1.82) is 0 Å². The maximum Gasteiger partial charge on any atom is 0.410 e. The van der Waals surface area contributed by atoms with E-state index in [-0.39, 0.29) is 17.6 Å². The van der Waals surface area contributed by atoms with E-state index in [4.69, 9.17) is 18.1 Å². The first-order valence-corrected chi connectivity index (χ1v) is 16.1. The summed E-state index contributed by atoms with van der Waals surface area (Å²) in [5.41, 5.74) is 3.16. The molecule has 8 heteroatoms. The molecule has 3 aromatic rings. The van der Waals surface area contributed by atoms with Crippen molar-refractivity contribution in [3.63, 3.8) is 0 Å². The molecule has 0 spiro atoms. The quantitative estimate of drug-likeness (QED) is 0.283. The van der Waals surface area contributed by atoms with Gasteiger partial charge in [0.2, 0.25) is 9.04 Å². The molecule has 1 atom stereocenters. The number of carbonyl (C=O) groups is 1. The molecule has 38 heavy (non-hydrogen) atoms. The summed E-state index contributed by atoms with van der Waals surface area (Å²) < 4.78 is 24.0. The van der Waals surface area contributed by atoms with Crippen LogP contribution in [-0.2, 0) is 15.6 Å². The SMILES string of the molecule is C[Si](C)OC(c1c(-c2ccco2)ccc2c(CCC3CCN(C(=O)OC(C)(C)C)CC3)noc12)C(C)(C)C. The summed E-state index contributed by atoms with van der Waals surface area (Å²) in [7, 11) is -0.983. The van der Waals surface area contributed by atoms with Crippen molar-refractivity contribution in [1.82, 2.24) is 10.1 Å². The minimum Gasteiger partial charge on any atom is -0.464 e. The van der Waals surface area contributed by atoms with E-state index in [0.717, 1.165) is 72.3 Å². The van der Waals surface area contributed by atoms with Gasteiger partial charge < -0.3 is 23.0 Å². The first-order valence-electron chi connectivity index (χ1n) is 13.7. The lowest BCUT2D eigenvalue weighted by molar-refractivity contribution is 0.0181. The molecule has 2 aromatic heterocycles. The lowest BCUT2D eigenvalue weighted by Gasteiger charge is -2.33. The van der Waals surface area contributed by atoms with Gasteiger partial charge in [-0.2, -0.15) is 0 Å². The fourth-order valence-corrected chi connectivity index (χ4v) is 6.08. The summed E-state index contributed by atoms with van der Waals surface area (Å²) in [6.07, 6.45) is 5.12. The molecule has 0 aliphatic carbocycles. The Morgan fingerprint density at radius 1 is 1.13 bits per heavy atom. The van der Waals surface area contributed by atoms with Crippen molar-refractivity contribution in [2.24, 2.45) is 11.3 Å². The van der Waals surface area contributed by atoms with Crippen molar-refractivity contribution < 1.29 is 22.9 Å². The zero-order chi connectivity index (χ0) is 27.7. The van der Waals surface area contributed by atoms with Crippen LogP contribution in [0.15, 0.2) is 39.5 Å². The number of carbonyl (C=O) groups excluding carboxylic acids is 1. The zero-order valence-corrected chi connectivity index (χ0v) is 25.2. The van der Waals surface area contributed by atoms with Crippen LogP contribution in [0.5, 0.6) is 0 Å². The molecular formula is C30H43N2O5Si. The summed E-state index contributed by atoms with van der Waals surface area (Å²) in [6.45, 7) is 18.1. The van der Waals surface area contributed by atoms with Crippen LogP contribution < -0.4 is 0 Å². The molecule has 1 aliphatic heterocycles. The first kappa shape index (κ1) is 28.4. The predicted octanol–water partition coefficient (Wildman–Crippen LogP) is 8.02. The topological polar surface area (TPSA) is 77.9 Å². The Labute approximate surface area is 228 Å². The van der Waals surface area contributed by atoms with Gasteiger partial charge in [0.25, 0.3) is 0 Å². The van der Waals surface area contributed by atoms with Gasteiger partial charge in [-0.15, -0.1) is 0 Å². The third-order valence-electron chi connectivity index (χ3n) is 7.00. The van der Waals surface area contributed by atoms with E-state index in [9.17, 15) is 4.79 Å². The Bertz CT molecular complexity index is 1210. The summed E-state index contributed by atoms with van der Waals surface area (Å²) in [4.78, 5) is 14.2. The van der Waals surface area contributed by atoms with E-state index in [1.165, 1.54) is 0 Å². The molecular weight excluding hydrogens is 496 g/mol. The number of hydrogen-bond donors (Lipinski definition) is 0. The Morgan fingerprint density at radius 3 is 2.42 bits per heavy atom. The molecule has 0 saturated carbocycles. The van der Waals surface area contributed by atoms with Gasteiger partial charge in [-0.3, -0.25) is 0 Å². The second-order valence-electron chi connectivity index (χ2n) is 12.7. The van der Waals surface area contributed by atoms with Crippen LogP contribution in [0.3, 0.4) is 0 Å². The number of aryl methyl sites for hydroxylation is 1. The lowest BCUT2D eigenvalue weighted by Crippen LogP contribution is -2.41. The van der Waals surface area contributed by atoms with Crippen LogP contribution >= 0.6 is 0 Å². The highest BCUT2D eigenvalue weighted by Gasteiger charge is 2.34. The molecule has 0 bridgehead atoms. The molecule has 0 N–H and O–H groups in total. The van der Waals surface area contributed by atoms with Crippen LogP contribution in [-0.4, -0.2) is 43.9 Å². The number of hydrogen-bond acceptors (Lipinski definition) is 6. The Balaban J connectivity index is 1.54. The molecule has 4 rings (SSSR count). The highest BCUT2D eigenvalue weighted by atomic mass is 28.3. The number of ether oxygens (including phenoxy) is 1. The van der Waals surface area contributed by atoms with E-state index in [1.54, 1.807) is 6.26 Å². The third kappa shape index (κ3) is 6.70. The molecule has 1 radical (unpaired) electrons. The minimum absolute atomic E-state index is 0.146. The molecule has 3 heterocycles. The van der Waals surface area contributed by atoms with E-state index in [1.807, 2.05) is 37.8 Å². The summed E-state index contributed by atoms with van der Waals surface area (Å²) in [5, 5.41) is 5.59. The summed E-state index contributed by atoms with van der Waals surface area (Å²) in [5.74, 6) is 1.34. The van der Waals surface area contributed by atoms with Crippen molar-refractivity contribution in [3.05, 3.63) is 41.8 Å². The van der Waals surface area contributed by atoms with Gasteiger partial charge in [-0.25, -0.2) is 4.79 Å². The van der Waals surface area contributed by atoms with Gasteiger partial charge in [0, 0.05) is 29.6 Å². The van der Waals surface area contributed by atoms with Crippen LogP contribution in [0.2, 0.25) is 13.1 Å². The maximum absolute atomic E-state index is 12.4. The van der Waals surface area contributed by atoms with Crippen molar-refractivity contribution in [3.8, 4) is 11.3 Å². The minimum atomic E-state index is -0.983. The molecule has 7 nitrogen and oxygen atoms in total. The summed E-state index contributed by atoms with van der Waals surface area (Å²) >= 11 is 0. The van der Waals surface area contributed by atoms with E-state index < -0.39 is 14.6 Å². The predicted molar refractivity (Wildman–Crippen MR) is 151 cm³/mol. The fraction of sp³-hybridized carbons (Fsp3) is 0.600. The third-order valence-corrected chi connectivity index (χ3v) is 7.71. The molecule has 1 saturated heterocycles. The molecule has 1 unspecified atom stereocenters. The molecule has 1 fully saturated rings. The fourth-order valence-electron chi connectivity index (χ4n) is 5.14. The number of rotatable bonds is 7. The van der Waals surface area contributed by atoms with Gasteiger partial charge in [-0.1, -0.05) is 25.9 Å². The molecule has 1 amide bonds. The lowest BCUT2D eigenvalue weighted by atomic mass is 9.81. The monoisotopic (exact) mass is 539 g/mol. The van der Waals surface area contributed by atoms with Crippen LogP contribution in [0.4, 0.5) is 4.79 Å². The number of furan rings is 1. The Morgan fingerprint density at radius 2 is 1.84 bits per heavy atom. The molecule has 1 aliphatic rings. The molecule has 207 valence electrons. The van der Waals surface area contributed by atoms with Gasteiger partial charge in [0.05, 0.1) is 18.1 Å². The standard InChI is InChI=1S/C30H43N2O5Si/c1-29(2,3)27(37-38(7)8)25-22(24-10-9-19-34-24)13-12-21-23(31-36-26(21)25)14-11-20-15-17-32(18-16-20)28(33)35-30(4,5)6/h9-10,12-13,19-20,27H,11,14-18H2,1-8H3. The largest absolute Gasteiger partial charge is 0.464 e. The average Bonchev–Trinajstić information content (AvgIpc) is 3.49. The second-order valence-corrected chi connectivity index (χ2v) is 14.8. The van der Waals surface area contributed by atoms with Crippen molar-refractivity contribution >= 4 is 26.1 Å². The van der Waals surface area contributed by atoms with Crippen LogP contribution in [0.25, 0.3) is 22.3 Å². The number of amides is 1. The van der Waals surface area contributed by atoms with Gasteiger partial charge >= 0.3 is 6.09 Å². The number of benzene rings is 1. The van der Waals surface area contributed by atoms with Crippen molar-refractivity contribution in [2.45, 2.75) is 92.0 Å².